The molecular formula is C19H16N2OS. The topological polar surface area (TPSA) is 33.2 Å². The molecule has 1 aromatic heterocycles. The first-order valence-corrected chi connectivity index (χ1v) is 8.10. The molecule has 0 atom stereocenters. The molecule has 1 amide bonds. The number of anilines is 1. The van der Waals surface area contributed by atoms with Crippen LogP contribution in [0.25, 0.3) is 16.3 Å². The minimum atomic E-state index is -0.0876. The van der Waals surface area contributed by atoms with Gasteiger partial charge in [-0.1, -0.05) is 36.4 Å². The van der Waals surface area contributed by atoms with Crippen LogP contribution in [0.3, 0.4) is 0 Å². The zero-order chi connectivity index (χ0) is 16.1. The highest BCUT2D eigenvalue weighted by atomic mass is 32.1. The van der Waals surface area contributed by atoms with Crippen LogP contribution in [-0.4, -0.2) is 17.4 Å². The third-order valence-corrected chi connectivity index (χ3v) is 4.33. The maximum absolute atomic E-state index is 12.5. The van der Waals surface area contributed by atoms with Gasteiger partial charge in [-0.05, 0) is 30.3 Å². The summed E-state index contributed by atoms with van der Waals surface area (Å²) < 4.78 is 1.12. The summed E-state index contributed by atoms with van der Waals surface area (Å²) in [5.41, 5.74) is 1.81. The van der Waals surface area contributed by atoms with Crippen molar-refractivity contribution in [3.8, 4) is 0 Å². The summed E-state index contributed by atoms with van der Waals surface area (Å²) in [6.45, 7) is 4.19. The molecule has 1 heterocycles. The number of benzene rings is 2. The Morgan fingerprint density at radius 2 is 1.87 bits per heavy atom. The molecule has 0 aliphatic rings. The molecule has 3 rings (SSSR count). The van der Waals surface area contributed by atoms with Gasteiger partial charge < -0.3 is 4.90 Å². The molecule has 0 unspecified atom stereocenters. The number of hydrogen-bond acceptors (Lipinski definition) is 3. The number of carbonyl (C=O) groups is 1. The van der Waals surface area contributed by atoms with Crippen LogP contribution >= 0.6 is 11.3 Å². The van der Waals surface area contributed by atoms with Gasteiger partial charge in [0, 0.05) is 18.3 Å². The smallest absolute Gasteiger partial charge is 0.251 e. The first-order chi connectivity index (χ1) is 11.3. The van der Waals surface area contributed by atoms with Gasteiger partial charge in [-0.3, -0.25) is 4.79 Å². The summed E-state index contributed by atoms with van der Waals surface area (Å²) in [5, 5.41) is 0.825. The molecule has 0 fully saturated rings. The maximum atomic E-state index is 12.5. The number of para-hydroxylation sites is 2. The molecule has 23 heavy (non-hydrogen) atoms. The van der Waals surface area contributed by atoms with E-state index >= 15 is 0 Å². The largest absolute Gasteiger partial charge is 0.305 e. The lowest BCUT2D eigenvalue weighted by atomic mass is 10.2. The van der Waals surface area contributed by atoms with Gasteiger partial charge in [0.2, 0.25) is 0 Å². The summed E-state index contributed by atoms with van der Waals surface area (Å²) in [6.07, 6.45) is 5.05. The molecule has 114 valence electrons. The lowest BCUT2D eigenvalue weighted by Crippen LogP contribution is -2.29. The third kappa shape index (κ3) is 3.55. The molecule has 0 aliphatic carbocycles. The number of thiazole rings is 1. The Bertz CT molecular complexity index is 819. The van der Waals surface area contributed by atoms with Gasteiger partial charge in [0.05, 0.1) is 10.2 Å². The molecule has 3 nitrogen and oxygen atoms in total. The monoisotopic (exact) mass is 320 g/mol. The van der Waals surface area contributed by atoms with Crippen molar-refractivity contribution in [3.05, 3.63) is 78.3 Å². The summed E-state index contributed by atoms with van der Waals surface area (Å²) in [5.74, 6) is -0.0876. The highest BCUT2D eigenvalue weighted by Gasteiger charge is 2.11. The molecule has 4 heteroatoms. The van der Waals surface area contributed by atoms with Gasteiger partial charge in [-0.2, -0.15) is 0 Å². The van der Waals surface area contributed by atoms with E-state index in [-0.39, 0.29) is 5.91 Å². The number of nitrogens with zero attached hydrogens (tertiary/aromatic N) is 2. The van der Waals surface area contributed by atoms with Crippen molar-refractivity contribution in [2.75, 3.05) is 11.4 Å². The molecular weight excluding hydrogens is 304 g/mol. The average molecular weight is 320 g/mol. The van der Waals surface area contributed by atoms with E-state index in [2.05, 4.69) is 11.6 Å². The fourth-order valence-corrected chi connectivity index (χ4v) is 3.12. The Hall–Kier alpha value is -2.72. The Kier molecular flexibility index (Phi) is 4.64. The molecule has 0 saturated heterocycles. The van der Waals surface area contributed by atoms with Crippen LogP contribution in [0, 0.1) is 0 Å². The summed E-state index contributed by atoms with van der Waals surface area (Å²) in [7, 11) is 0. The van der Waals surface area contributed by atoms with E-state index in [0.29, 0.717) is 6.54 Å². The van der Waals surface area contributed by atoms with E-state index < -0.39 is 0 Å². The predicted molar refractivity (Wildman–Crippen MR) is 97.6 cm³/mol. The number of fused-ring (bicyclic) bond motifs is 1. The minimum absolute atomic E-state index is 0.0876. The molecule has 0 radical (unpaired) electrons. The molecule has 3 aromatic rings. The number of rotatable bonds is 5. The fraction of sp³-hybridized carbons (Fsp3) is 0.0526. The minimum Gasteiger partial charge on any atom is -0.305 e. The first-order valence-electron chi connectivity index (χ1n) is 7.29. The molecule has 0 bridgehead atoms. The fourth-order valence-electron chi connectivity index (χ4n) is 2.25. The molecule has 0 aliphatic heterocycles. The molecule has 0 saturated carbocycles. The van der Waals surface area contributed by atoms with E-state index in [4.69, 9.17) is 0 Å². The molecule has 0 N–H and O–H groups in total. The van der Waals surface area contributed by atoms with Crippen molar-refractivity contribution in [1.29, 1.82) is 0 Å². The van der Waals surface area contributed by atoms with Crippen LogP contribution in [0.2, 0.25) is 0 Å². The molecule has 0 spiro atoms. The van der Waals surface area contributed by atoms with Crippen LogP contribution in [0.5, 0.6) is 0 Å². The van der Waals surface area contributed by atoms with Crippen LogP contribution in [0.4, 0.5) is 5.69 Å². The van der Waals surface area contributed by atoms with Gasteiger partial charge >= 0.3 is 0 Å². The van der Waals surface area contributed by atoms with Gasteiger partial charge in [0.15, 0.2) is 0 Å². The second-order valence-electron chi connectivity index (χ2n) is 4.93. The number of carbonyl (C=O) groups excluding carboxylic acids is 1. The highest BCUT2D eigenvalue weighted by Crippen LogP contribution is 2.22. The average Bonchev–Trinajstić information content (AvgIpc) is 3.01. The van der Waals surface area contributed by atoms with E-state index in [1.807, 2.05) is 54.6 Å². The lowest BCUT2D eigenvalue weighted by molar-refractivity contribution is -0.114. The van der Waals surface area contributed by atoms with Crippen molar-refractivity contribution in [2.24, 2.45) is 0 Å². The van der Waals surface area contributed by atoms with E-state index in [1.165, 1.54) is 0 Å². The van der Waals surface area contributed by atoms with Crippen LogP contribution in [0.15, 0.2) is 73.3 Å². The normalized spacial score (nSPS) is 11.0. The summed E-state index contributed by atoms with van der Waals surface area (Å²) >= 11 is 1.57. The Morgan fingerprint density at radius 3 is 2.61 bits per heavy atom. The summed E-state index contributed by atoms with van der Waals surface area (Å²) in [6, 6.07) is 17.5. The first kappa shape index (κ1) is 15.2. The van der Waals surface area contributed by atoms with Gasteiger partial charge in [-0.25, -0.2) is 4.98 Å². The molecule has 2 aromatic carbocycles. The zero-order valence-electron chi connectivity index (χ0n) is 12.6. The van der Waals surface area contributed by atoms with Crippen LogP contribution < -0.4 is 4.90 Å². The predicted octanol–water partition coefficient (Wildman–Crippen LogP) is 4.53. The van der Waals surface area contributed by atoms with E-state index in [1.54, 1.807) is 34.5 Å². The quantitative estimate of drug-likeness (QED) is 0.511. The Labute approximate surface area is 139 Å². The number of hydrogen-bond donors (Lipinski definition) is 0. The standard InChI is InChI=1S/C19H16N2OS/c1-2-14-21(15-8-4-3-5-9-15)19(22)13-12-18-20-16-10-6-7-11-17(16)23-18/h2-13H,1,14H2/b13-12+. The van der Waals surface area contributed by atoms with Crippen LogP contribution in [0.1, 0.15) is 5.01 Å². The van der Waals surface area contributed by atoms with Crippen molar-refractivity contribution in [1.82, 2.24) is 4.98 Å². The van der Waals surface area contributed by atoms with Gasteiger partial charge in [-0.15, -0.1) is 17.9 Å². The van der Waals surface area contributed by atoms with E-state index in [0.717, 1.165) is 20.9 Å². The van der Waals surface area contributed by atoms with Gasteiger partial charge in [0.1, 0.15) is 5.01 Å². The zero-order valence-corrected chi connectivity index (χ0v) is 13.4. The van der Waals surface area contributed by atoms with Crippen molar-refractivity contribution in [2.45, 2.75) is 0 Å². The second-order valence-corrected chi connectivity index (χ2v) is 5.99. The lowest BCUT2D eigenvalue weighted by Gasteiger charge is -2.19. The summed E-state index contributed by atoms with van der Waals surface area (Å²) in [4.78, 5) is 18.7. The Balaban J connectivity index is 1.82. The van der Waals surface area contributed by atoms with Crippen molar-refractivity contribution in [3.63, 3.8) is 0 Å². The second kappa shape index (κ2) is 7.03. The maximum Gasteiger partial charge on any atom is 0.251 e. The van der Waals surface area contributed by atoms with Crippen molar-refractivity contribution >= 4 is 39.2 Å². The SMILES string of the molecule is C=CCN(C(=O)/C=C/c1nc2ccccc2s1)c1ccccc1. The number of aromatic nitrogens is 1. The van der Waals surface area contributed by atoms with Crippen molar-refractivity contribution < 1.29 is 4.79 Å². The highest BCUT2D eigenvalue weighted by molar-refractivity contribution is 7.19. The van der Waals surface area contributed by atoms with Gasteiger partial charge in [0.25, 0.3) is 5.91 Å². The third-order valence-electron chi connectivity index (χ3n) is 3.32. The Morgan fingerprint density at radius 1 is 1.13 bits per heavy atom. The van der Waals surface area contributed by atoms with E-state index in [9.17, 15) is 4.79 Å². The number of amides is 1. The van der Waals surface area contributed by atoms with Crippen LogP contribution in [-0.2, 0) is 4.79 Å².